The molecule has 1 saturated carbocycles. The highest BCUT2D eigenvalue weighted by Crippen LogP contribution is 2.48. The Bertz CT molecular complexity index is 746. The Labute approximate surface area is 145 Å². The van der Waals surface area contributed by atoms with E-state index in [1.807, 2.05) is 61.5 Å². The van der Waals surface area contributed by atoms with E-state index in [9.17, 15) is 9.00 Å². The molecule has 4 nitrogen and oxygen atoms in total. The van der Waals surface area contributed by atoms with E-state index in [1.165, 1.54) is 0 Å². The van der Waals surface area contributed by atoms with Crippen LogP contribution in [0.1, 0.15) is 36.4 Å². The van der Waals surface area contributed by atoms with Gasteiger partial charge in [0, 0.05) is 47.3 Å². The van der Waals surface area contributed by atoms with Crippen molar-refractivity contribution in [3.63, 3.8) is 0 Å². The van der Waals surface area contributed by atoms with Gasteiger partial charge in [-0.1, -0.05) is 18.2 Å². The van der Waals surface area contributed by atoms with E-state index >= 15 is 0 Å². The maximum absolute atomic E-state index is 12.7. The summed E-state index contributed by atoms with van der Waals surface area (Å²) in [5, 5.41) is 0. The molecular formula is C19H22N2O2S. The van der Waals surface area contributed by atoms with Crippen molar-refractivity contribution in [3.8, 4) is 0 Å². The van der Waals surface area contributed by atoms with Gasteiger partial charge in [-0.25, -0.2) is 0 Å². The standard InChI is InChI=1S/C19H22N2O2S/c1-13(14-6-8-16(9-7-14)24(3)23)21(2)19(22)18-11-17(18)15-5-4-10-20-12-15/h4-10,12-13,17-18H,11H2,1-3H3/t13-,17-,18+,24-/m0/s1. The minimum atomic E-state index is -0.980. The quantitative estimate of drug-likeness (QED) is 0.839. The molecule has 1 fully saturated rings. The molecular weight excluding hydrogens is 320 g/mol. The van der Waals surface area contributed by atoms with Crippen LogP contribution >= 0.6 is 0 Å². The molecule has 0 N–H and O–H groups in total. The number of hydrogen-bond acceptors (Lipinski definition) is 3. The Morgan fingerprint density at radius 1 is 1.29 bits per heavy atom. The summed E-state index contributed by atoms with van der Waals surface area (Å²) in [5.41, 5.74) is 2.20. The number of carbonyl (C=O) groups excluding carboxylic acids is 1. The van der Waals surface area contributed by atoms with Gasteiger partial charge in [-0.15, -0.1) is 0 Å². The Balaban J connectivity index is 1.66. The normalized spacial score (nSPS) is 21.8. The van der Waals surface area contributed by atoms with Gasteiger partial charge in [0.25, 0.3) is 0 Å². The fraction of sp³-hybridized carbons (Fsp3) is 0.368. The van der Waals surface area contributed by atoms with Crippen LogP contribution in [0.3, 0.4) is 0 Å². The molecule has 0 spiro atoms. The lowest BCUT2D eigenvalue weighted by molar-refractivity contribution is -0.133. The van der Waals surface area contributed by atoms with Crippen LogP contribution in [-0.2, 0) is 15.6 Å². The average Bonchev–Trinajstić information content (AvgIpc) is 3.41. The number of hydrogen-bond donors (Lipinski definition) is 0. The van der Waals surface area contributed by atoms with E-state index < -0.39 is 10.8 Å². The summed E-state index contributed by atoms with van der Waals surface area (Å²) in [6, 6.07) is 11.6. The second-order valence-electron chi connectivity index (χ2n) is 6.38. The van der Waals surface area contributed by atoms with Gasteiger partial charge in [-0.3, -0.25) is 14.0 Å². The van der Waals surface area contributed by atoms with Crippen LogP contribution in [0.15, 0.2) is 53.7 Å². The number of carbonyl (C=O) groups is 1. The summed E-state index contributed by atoms with van der Waals surface area (Å²) in [6.07, 6.45) is 6.17. The molecule has 126 valence electrons. The predicted molar refractivity (Wildman–Crippen MR) is 95.0 cm³/mol. The van der Waals surface area contributed by atoms with E-state index in [2.05, 4.69) is 4.98 Å². The van der Waals surface area contributed by atoms with E-state index in [1.54, 1.807) is 12.5 Å². The van der Waals surface area contributed by atoms with Crippen LogP contribution in [0.5, 0.6) is 0 Å². The van der Waals surface area contributed by atoms with Crippen molar-refractivity contribution >= 4 is 16.7 Å². The molecule has 0 saturated heterocycles. The number of pyridine rings is 1. The van der Waals surface area contributed by atoms with Crippen LogP contribution < -0.4 is 0 Å². The number of amides is 1. The second kappa shape index (κ2) is 6.85. The monoisotopic (exact) mass is 342 g/mol. The Hall–Kier alpha value is -2.01. The lowest BCUT2D eigenvalue weighted by Crippen LogP contribution is -2.31. The van der Waals surface area contributed by atoms with Gasteiger partial charge in [0.1, 0.15) is 0 Å². The zero-order valence-corrected chi connectivity index (χ0v) is 15.0. The molecule has 1 aliphatic rings. The molecule has 1 aromatic carbocycles. The smallest absolute Gasteiger partial charge is 0.226 e. The second-order valence-corrected chi connectivity index (χ2v) is 7.76. The molecule has 4 atom stereocenters. The predicted octanol–water partition coefficient (Wildman–Crippen LogP) is 3.14. The Morgan fingerprint density at radius 2 is 2.00 bits per heavy atom. The van der Waals surface area contributed by atoms with Gasteiger partial charge in [0.05, 0.1) is 6.04 Å². The minimum Gasteiger partial charge on any atom is -0.339 e. The maximum Gasteiger partial charge on any atom is 0.226 e. The van der Waals surface area contributed by atoms with Crippen molar-refractivity contribution in [2.24, 2.45) is 5.92 Å². The number of nitrogens with zero attached hydrogens (tertiary/aromatic N) is 2. The first-order valence-electron chi connectivity index (χ1n) is 8.09. The summed E-state index contributed by atoms with van der Waals surface area (Å²) in [7, 11) is 0.879. The van der Waals surface area contributed by atoms with E-state index in [4.69, 9.17) is 0 Å². The number of benzene rings is 1. The lowest BCUT2D eigenvalue weighted by Gasteiger charge is -2.26. The average molecular weight is 342 g/mol. The van der Waals surface area contributed by atoms with Crippen LogP contribution in [0.2, 0.25) is 0 Å². The third-order valence-corrected chi connectivity index (χ3v) is 5.78. The van der Waals surface area contributed by atoms with Gasteiger partial charge < -0.3 is 4.90 Å². The molecule has 0 unspecified atom stereocenters. The van der Waals surface area contributed by atoms with Crippen LogP contribution in [0, 0.1) is 5.92 Å². The minimum absolute atomic E-state index is 0.00742. The van der Waals surface area contributed by atoms with E-state index in [-0.39, 0.29) is 17.9 Å². The molecule has 24 heavy (non-hydrogen) atoms. The summed E-state index contributed by atoms with van der Waals surface area (Å²) in [4.78, 5) is 19.5. The molecule has 5 heteroatoms. The van der Waals surface area contributed by atoms with Crippen molar-refractivity contribution in [3.05, 3.63) is 59.9 Å². The largest absolute Gasteiger partial charge is 0.339 e. The third kappa shape index (κ3) is 3.41. The number of rotatable bonds is 5. The van der Waals surface area contributed by atoms with Crippen LogP contribution in [0.25, 0.3) is 0 Å². The summed E-state index contributed by atoms with van der Waals surface area (Å²) < 4.78 is 11.5. The maximum atomic E-state index is 12.7. The van der Waals surface area contributed by atoms with Crippen molar-refractivity contribution in [2.45, 2.75) is 30.2 Å². The van der Waals surface area contributed by atoms with Crippen LogP contribution in [0.4, 0.5) is 0 Å². The highest BCUT2D eigenvalue weighted by atomic mass is 32.2. The highest BCUT2D eigenvalue weighted by Gasteiger charge is 2.45. The van der Waals surface area contributed by atoms with Gasteiger partial charge >= 0.3 is 0 Å². The van der Waals surface area contributed by atoms with Gasteiger partial charge in [0.15, 0.2) is 0 Å². The Kier molecular flexibility index (Phi) is 4.81. The van der Waals surface area contributed by atoms with Crippen molar-refractivity contribution in [1.82, 2.24) is 9.88 Å². The van der Waals surface area contributed by atoms with Crippen LogP contribution in [-0.4, -0.2) is 33.3 Å². The first-order chi connectivity index (χ1) is 11.5. The van der Waals surface area contributed by atoms with Crippen molar-refractivity contribution < 1.29 is 9.00 Å². The molecule has 0 radical (unpaired) electrons. The van der Waals surface area contributed by atoms with E-state index in [0.29, 0.717) is 5.92 Å². The number of aromatic nitrogens is 1. The summed E-state index contributed by atoms with van der Waals surface area (Å²) >= 11 is 0. The molecule has 3 rings (SSSR count). The van der Waals surface area contributed by atoms with Gasteiger partial charge in [-0.2, -0.15) is 0 Å². The molecule has 0 aliphatic heterocycles. The summed E-state index contributed by atoms with van der Waals surface area (Å²) in [5.74, 6) is 0.536. The lowest BCUT2D eigenvalue weighted by atomic mass is 10.1. The zero-order valence-electron chi connectivity index (χ0n) is 14.2. The topological polar surface area (TPSA) is 50.3 Å². The van der Waals surface area contributed by atoms with E-state index in [0.717, 1.165) is 22.4 Å². The highest BCUT2D eigenvalue weighted by molar-refractivity contribution is 7.84. The third-order valence-electron chi connectivity index (χ3n) is 4.84. The summed E-state index contributed by atoms with van der Waals surface area (Å²) in [6.45, 7) is 2.03. The molecule has 1 aliphatic carbocycles. The molecule has 1 amide bonds. The zero-order chi connectivity index (χ0) is 17.3. The van der Waals surface area contributed by atoms with Crippen molar-refractivity contribution in [1.29, 1.82) is 0 Å². The fourth-order valence-electron chi connectivity index (χ4n) is 3.05. The molecule has 1 aromatic heterocycles. The molecule has 0 bridgehead atoms. The van der Waals surface area contributed by atoms with Crippen molar-refractivity contribution in [2.75, 3.05) is 13.3 Å². The van der Waals surface area contributed by atoms with Gasteiger partial charge in [-0.05, 0) is 48.6 Å². The SMILES string of the molecule is C[C@@H](c1ccc([S@](C)=O)cc1)N(C)C(=O)[C@@H]1C[C@H]1c1cccnc1. The molecule has 2 aromatic rings. The first-order valence-corrected chi connectivity index (χ1v) is 9.65. The Morgan fingerprint density at radius 3 is 2.58 bits per heavy atom. The van der Waals surface area contributed by atoms with Gasteiger partial charge in [0.2, 0.25) is 5.91 Å². The fourth-order valence-corrected chi connectivity index (χ4v) is 3.56. The molecule has 1 heterocycles. The first kappa shape index (κ1) is 16.8.